The largest absolute Gasteiger partial charge is 0.354 e. The van der Waals surface area contributed by atoms with Gasteiger partial charge in [0.2, 0.25) is 5.91 Å². The first-order valence-corrected chi connectivity index (χ1v) is 8.18. The Bertz CT molecular complexity index is 401. The molecule has 0 heterocycles. The Balaban J connectivity index is 2.65. The number of hydrogen-bond acceptors (Lipinski definition) is 2. The van der Waals surface area contributed by atoms with Crippen LogP contribution in [0, 0.1) is 5.92 Å². The van der Waals surface area contributed by atoms with Gasteiger partial charge in [-0.05, 0) is 24.6 Å². The average Bonchev–Trinajstić information content (AvgIpc) is 2.52. The van der Waals surface area contributed by atoms with E-state index < -0.39 is 0 Å². The van der Waals surface area contributed by atoms with Crippen LogP contribution in [0.4, 0.5) is 0 Å². The molecule has 1 rings (SSSR count). The predicted octanol–water partition coefficient (Wildman–Crippen LogP) is 3.27. The Kier molecular flexibility index (Phi) is 8.06. The first-order chi connectivity index (χ1) is 10.1. The third-order valence-electron chi connectivity index (χ3n) is 4.28. The third-order valence-corrected chi connectivity index (χ3v) is 4.28. The van der Waals surface area contributed by atoms with Gasteiger partial charge in [-0.25, -0.2) is 0 Å². The topological polar surface area (TPSA) is 32.3 Å². The first kappa shape index (κ1) is 17.7. The number of nitrogens with one attached hydrogen (secondary N) is 1. The Labute approximate surface area is 129 Å². The van der Waals surface area contributed by atoms with Gasteiger partial charge in [-0.2, -0.15) is 0 Å². The highest BCUT2D eigenvalue weighted by Gasteiger charge is 2.25. The van der Waals surface area contributed by atoms with Crippen molar-refractivity contribution in [2.75, 3.05) is 26.2 Å². The number of amides is 1. The number of rotatable bonds is 9. The van der Waals surface area contributed by atoms with Crippen molar-refractivity contribution in [3.8, 4) is 0 Å². The summed E-state index contributed by atoms with van der Waals surface area (Å²) in [6.45, 7) is 12.3. The summed E-state index contributed by atoms with van der Waals surface area (Å²) in [4.78, 5) is 14.9. The highest BCUT2D eigenvalue weighted by molar-refractivity contribution is 5.83. The van der Waals surface area contributed by atoms with Crippen LogP contribution in [0.2, 0.25) is 0 Å². The van der Waals surface area contributed by atoms with Crippen LogP contribution in [-0.2, 0) is 4.79 Å². The summed E-state index contributed by atoms with van der Waals surface area (Å²) in [7, 11) is 0. The van der Waals surface area contributed by atoms with Gasteiger partial charge in [-0.1, -0.05) is 64.4 Å². The van der Waals surface area contributed by atoms with Crippen LogP contribution in [0.5, 0.6) is 0 Å². The smallest absolute Gasteiger partial charge is 0.227 e. The fraction of sp³-hybridized carbons (Fsp3) is 0.611. The molecule has 0 aliphatic heterocycles. The second-order valence-corrected chi connectivity index (χ2v) is 5.59. The standard InChI is InChI=1S/C18H30N2O/c1-5-15(4)17(16-11-9-8-10-12-16)18(21)19-13-14-20(6-2)7-3/h8-12,15,17H,5-7,13-14H2,1-4H3,(H,19,21). The van der Waals surface area contributed by atoms with E-state index in [1.54, 1.807) is 0 Å². The van der Waals surface area contributed by atoms with E-state index in [9.17, 15) is 4.79 Å². The van der Waals surface area contributed by atoms with Gasteiger partial charge in [-0.3, -0.25) is 4.79 Å². The molecule has 3 nitrogen and oxygen atoms in total. The molecule has 0 saturated carbocycles. The van der Waals surface area contributed by atoms with Gasteiger partial charge in [-0.15, -0.1) is 0 Å². The second-order valence-electron chi connectivity index (χ2n) is 5.59. The molecule has 0 bridgehead atoms. The third kappa shape index (κ3) is 5.50. The minimum atomic E-state index is -0.0482. The fourth-order valence-electron chi connectivity index (χ4n) is 2.62. The minimum absolute atomic E-state index is 0.0482. The normalized spacial score (nSPS) is 14.0. The van der Waals surface area contributed by atoms with Crippen LogP contribution in [-0.4, -0.2) is 37.0 Å². The fourth-order valence-corrected chi connectivity index (χ4v) is 2.62. The van der Waals surface area contributed by atoms with Gasteiger partial charge in [0.15, 0.2) is 0 Å². The molecular formula is C18H30N2O. The molecule has 2 atom stereocenters. The number of nitrogens with zero attached hydrogens (tertiary/aromatic N) is 1. The molecule has 118 valence electrons. The summed E-state index contributed by atoms with van der Waals surface area (Å²) in [5, 5.41) is 3.11. The maximum atomic E-state index is 12.6. The first-order valence-electron chi connectivity index (χ1n) is 8.18. The van der Waals surface area contributed by atoms with E-state index in [1.165, 1.54) is 0 Å². The average molecular weight is 290 g/mol. The molecule has 2 unspecified atom stereocenters. The minimum Gasteiger partial charge on any atom is -0.354 e. The molecule has 3 heteroatoms. The lowest BCUT2D eigenvalue weighted by molar-refractivity contribution is -0.123. The van der Waals surface area contributed by atoms with Crippen LogP contribution in [0.15, 0.2) is 30.3 Å². The van der Waals surface area contributed by atoms with Crippen molar-refractivity contribution in [2.45, 2.75) is 40.0 Å². The molecule has 1 N–H and O–H groups in total. The van der Waals surface area contributed by atoms with Gasteiger partial charge in [0.05, 0.1) is 5.92 Å². The molecule has 0 fully saturated rings. The summed E-state index contributed by atoms with van der Waals surface area (Å²) in [6.07, 6.45) is 1.00. The summed E-state index contributed by atoms with van der Waals surface area (Å²) in [6, 6.07) is 10.1. The molecule has 0 saturated heterocycles. The Hall–Kier alpha value is -1.35. The van der Waals surface area contributed by atoms with Crippen LogP contribution >= 0.6 is 0 Å². The summed E-state index contributed by atoms with van der Waals surface area (Å²) in [5.41, 5.74) is 1.12. The lowest BCUT2D eigenvalue weighted by atomic mass is 9.85. The van der Waals surface area contributed by atoms with E-state index in [-0.39, 0.29) is 11.8 Å². The maximum Gasteiger partial charge on any atom is 0.227 e. The second kappa shape index (κ2) is 9.56. The summed E-state index contributed by atoms with van der Waals surface area (Å²) in [5.74, 6) is 0.455. The van der Waals surface area contributed by atoms with E-state index in [4.69, 9.17) is 0 Å². The van der Waals surface area contributed by atoms with Crippen molar-refractivity contribution in [2.24, 2.45) is 5.92 Å². The molecule has 0 aliphatic carbocycles. The predicted molar refractivity (Wildman–Crippen MR) is 89.4 cm³/mol. The van der Waals surface area contributed by atoms with Crippen LogP contribution in [0.25, 0.3) is 0 Å². The van der Waals surface area contributed by atoms with Gasteiger partial charge in [0.25, 0.3) is 0 Å². The zero-order valence-corrected chi connectivity index (χ0v) is 13.9. The van der Waals surface area contributed by atoms with E-state index in [1.807, 2.05) is 18.2 Å². The highest BCUT2D eigenvalue weighted by atomic mass is 16.1. The molecule has 0 spiro atoms. The van der Waals surface area contributed by atoms with E-state index in [2.05, 4.69) is 50.0 Å². The van der Waals surface area contributed by atoms with Gasteiger partial charge < -0.3 is 10.2 Å². The Morgan fingerprint density at radius 1 is 1.14 bits per heavy atom. The van der Waals surface area contributed by atoms with Gasteiger partial charge in [0, 0.05) is 13.1 Å². The van der Waals surface area contributed by atoms with Gasteiger partial charge >= 0.3 is 0 Å². The molecule has 1 amide bonds. The van der Waals surface area contributed by atoms with Crippen LogP contribution in [0.3, 0.4) is 0 Å². The molecule has 0 aromatic heterocycles. The molecule has 0 aliphatic rings. The van der Waals surface area contributed by atoms with Crippen LogP contribution < -0.4 is 5.32 Å². The van der Waals surface area contributed by atoms with Gasteiger partial charge in [0.1, 0.15) is 0 Å². The number of carbonyl (C=O) groups is 1. The molecule has 1 aromatic rings. The molecule has 1 aromatic carbocycles. The maximum absolute atomic E-state index is 12.6. The number of benzene rings is 1. The van der Waals surface area contributed by atoms with E-state index in [0.29, 0.717) is 5.92 Å². The van der Waals surface area contributed by atoms with Crippen molar-refractivity contribution in [3.05, 3.63) is 35.9 Å². The summed E-state index contributed by atoms with van der Waals surface area (Å²) >= 11 is 0. The number of carbonyl (C=O) groups excluding carboxylic acids is 1. The van der Waals surface area contributed by atoms with E-state index >= 15 is 0 Å². The van der Waals surface area contributed by atoms with E-state index in [0.717, 1.165) is 38.2 Å². The van der Waals surface area contributed by atoms with Crippen LogP contribution in [0.1, 0.15) is 45.6 Å². The molecule has 0 radical (unpaired) electrons. The molecule has 21 heavy (non-hydrogen) atoms. The quantitative estimate of drug-likeness (QED) is 0.757. The number of likely N-dealkylation sites (N-methyl/N-ethyl adjacent to an activating group) is 1. The Morgan fingerprint density at radius 3 is 2.29 bits per heavy atom. The van der Waals surface area contributed by atoms with Crippen molar-refractivity contribution in [1.82, 2.24) is 10.2 Å². The van der Waals surface area contributed by atoms with Crippen molar-refractivity contribution in [3.63, 3.8) is 0 Å². The zero-order chi connectivity index (χ0) is 15.7. The number of hydrogen-bond donors (Lipinski definition) is 1. The summed E-state index contributed by atoms with van der Waals surface area (Å²) < 4.78 is 0. The molecular weight excluding hydrogens is 260 g/mol. The van der Waals surface area contributed by atoms with Crippen molar-refractivity contribution in [1.29, 1.82) is 0 Å². The van der Waals surface area contributed by atoms with Crippen molar-refractivity contribution >= 4 is 5.91 Å². The lowest BCUT2D eigenvalue weighted by Crippen LogP contribution is -2.38. The SMILES string of the molecule is CCC(C)C(C(=O)NCCN(CC)CC)c1ccccc1. The van der Waals surface area contributed by atoms with Crippen molar-refractivity contribution < 1.29 is 4.79 Å². The lowest BCUT2D eigenvalue weighted by Gasteiger charge is -2.24. The highest BCUT2D eigenvalue weighted by Crippen LogP contribution is 2.26. The Morgan fingerprint density at radius 2 is 1.76 bits per heavy atom. The monoisotopic (exact) mass is 290 g/mol. The zero-order valence-electron chi connectivity index (χ0n) is 13.9.